The molecule has 0 spiro atoms. The van der Waals surface area contributed by atoms with E-state index in [1.54, 1.807) is 6.92 Å². The summed E-state index contributed by atoms with van der Waals surface area (Å²) >= 11 is 0. The van der Waals surface area contributed by atoms with Crippen LogP contribution in [0.3, 0.4) is 0 Å². The number of nitrogens with zero attached hydrogens (tertiary/aromatic N) is 2. The summed E-state index contributed by atoms with van der Waals surface area (Å²) in [6.45, 7) is 1.66. The number of nitro benzene ring substituents is 1. The fraction of sp³-hybridized carbons (Fsp3) is 0.100. The maximum Gasteiger partial charge on any atom is 0.278 e. The zero-order valence-corrected chi connectivity index (χ0v) is 8.90. The second-order valence-electron chi connectivity index (χ2n) is 3.53. The van der Waals surface area contributed by atoms with Gasteiger partial charge in [0.15, 0.2) is 0 Å². The van der Waals surface area contributed by atoms with Gasteiger partial charge in [-0.15, -0.1) is 0 Å². The minimum absolute atomic E-state index is 0.136. The van der Waals surface area contributed by atoms with Gasteiger partial charge < -0.3 is 5.73 Å². The Morgan fingerprint density at radius 1 is 1.53 bits per heavy atom. The molecule has 0 aliphatic carbocycles. The van der Waals surface area contributed by atoms with Gasteiger partial charge in [0, 0.05) is 11.6 Å². The predicted molar refractivity (Wildman–Crippen MR) is 59.8 cm³/mol. The van der Waals surface area contributed by atoms with Crippen LogP contribution in [0.1, 0.15) is 5.56 Å². The Labute approximate surface area is 95.4 Å². The van der Waals surface area contributed by atoms with Gasteiger partial charge in [-0.25, -0.2) is 4.39 Å². The highest BCUT2D eigenvalue weighted by Crippen LogP contribution is 2.32. The molecule has 0 saturated carbocycles. The molecule has 6 nitrogen and oxygen atoms in total. The van der Waals surface area contributed by atoms with Crippen LogP contribution in [-0.4, -0.2) is 15.1 Å². The van der Waals surface area contributed by atoms with Crippen LogP contribution in [-0.2, 0) is 0 Å². The molecule has 3 N–H and O–H groups in total. The first kappa shape index (κ1) is 11.1. The van der Waals surface area contributed by atoms with Crippen molar-refractivity contribution < 1.29 is 9.31 Å². The molecular formula is C10H9FN4O2. The average molecular weight is 236 g/mol. The van der Waals surface area contributed by atoms with Crippen LogP contribution in [0.2, 0.25) is 0 Å². The Morgan fingerprint density at radius 2 is 2.24 bits per heavy atom. The molecule has 1 aromatic heterocycles. The summed E-state index contributed by atoms with van der Waals surface area (Å²) in [7, 11) is 0. The molecule has 0 atom stereocenters. The largest absolute Gasteiger partial charge is 0.382 e. The Kier molecular flexibility index (Phi) is 2.51. The van der Waals surface area contributed by atoms with Gasteiger partial charge in [0.2, 0.25) is 0 Å². The molecule has 0 unspecified atom stereocenters. The third kappa shape index (κ3) is 1.82. The second-order valence-corrected chi connectivity index (χ2v) is 3.53. The van der Waals surface area contributed by atoms with E-state index < -0.39 is 10.7 Å². The lowest BCUT2D eigenvalue weighted by molar-refractivity contribution is -0.384. The van der Waals surface area contributed by atoms with Crippen LogP contribution in [0.5, 0.6) is 0 Å². The fourth-order valence-electron chi connectivity index (χ4n) is 1.54. The van der Waals surface area contributed by atoms with E-state index in [9.17, 15) is 14.5 Å². The highest BCUT2D eigenvalue weighted by molar-refractivity contribution is 5.75. The van der Waals surface area contributed by atoms with Crippen molar-refractivity contribution in [2.75, 3.05) is 5.73 Å². The Balaban J connectivity index is 2.69. The molecule has 0 aliphatic rings. The Morgan fingerprint density at radius 3 is 2.76 bits per heavy atom. The third-order valence-electron chi connectivity index (χ3n) is 2.47. The molecule has 1 heterocycles. The number of nitrogen functional groups attached to an aromatic ring is 1. The van der Waals surface area contributed by atoms with Crippen LogP contribution in [0, 0.1) is 22.9 Å². The summed E-state index contributed by atoms with van der Waals surface area (Å²) in [6.07, 6.45) is 0. The number of nitrogens with two attached hydrogens (primary N) is 1. The number of nitro groups is 1. The topological polar surface area (TPSA) is 97.8 Å². The van der Waals surface area contributed by atoms with Crippen molar-refractivity contribution >= 4 is 11.5 Å². The Bertz CT molecular complexity index is 594. The van der Waals surface area contributed by atoms with Crippen molar-refractivity contribution in [3.8, 4) is 11.3 Å². The van der Waals surface area contributed by atoms with Gasteiger partial charge >= 0.3 is 0 Å². The summed E-state index contributed by atoms with van der Waals surface area (Å²) in [5.41, 5.74) is 6.39. The Hall–Kier alpha value is -2.44. The zero-order valence-electron chi connectivity index (χ0n) is 8.90. The smallest absolute Gasteiger partial charge is 0.278 e. The molecule has 2 aromatic rings. The van der Waals surface area contributed by atoms with E-state index in [2.05, 4.69) is 10.2 Å². The lowest BCUT2D eigenvalue weighted by Gasteiger charge is -2.02. The van der Waals surface area contributed by atoms with Crippen LogP contribution in [0.25, 0.3) is 11.3 Å². The number of H-pyrrole nitrogens is 1. The number of rotatable bonds is 2. The molecule has 0 amide bonds. The minimum Gasteiger partial charge on any atom is -0.382 e. The molecule has 0 radical (unpaired) electrons. The molecule has 1 aromatic carbocycles. The SMILES string of the molecule is Cc1c(N)n[nH]c1-c1cc(F)ccc1[N+](=O)[O-]. The first-order valence-corrected chi connectivity index (χ1v) is 4.75. The van der Waals surface area contributed by atoms with Gasteiger partial charge in [0.05, 0.1) is 16.2 Å². The van der Waals surface area contributed by atoms with Gasteiger partial charge in [-0.3, -0.25) is 15.2 Å². The lowest BCUT2D eigenvalue weighted by Crippen LogP contribution is -1.94. The van der Waals surface area contributed by atoms with Crippen molar-refractivity contribution in [1.29, 1.82) is 0 Å². The highest BCUT2D eigenvalue weighted by Gasteiger charge is 2.20. The van der Waals surface area contributed by atoms with Crippen LogP contribution < -0.4 is 5.73 Å². The van der Waals surface area contributed by atoms with Crippen molar-refractivity contribution in [3.05, 3.63) is 39.7 Å². The number of hydrogen-bond donors (Lipinski definition) is 2. The highest BCUT2D eigenvalue weighted by atomic mass is 19.1. The second kappa shape index (κ2) is 3.85. The first-order valence-electron chi connectivity index (χ1n) is 4.75. The van der Waals surface area contributed by atoms with Gasteiger partial charge in [-0.2, -0.15) is 5.10 Å². The molecule has 7 heteroatoms. The van der Waals surface area contributed by atoms with Crippen molar-refractivity contribution in [2.24, 2.45) is 0 Å². The number of halogens is 1. The molecule has 0 saturated heterocycles. The van der Waals surface area contributed by atoms with Gasteiger partial charge in [-0.05, 0) is 19.1 Å². The van der Waals surface area contributed by atoms with Crippen molar-refractivity contribution in [3.63, 3.8) is 0 Å². The third-order valence-corrected chi connectivity index (χ3v) is 2.47. The standard InChI is InChI=1S/C10H9FN4O2/c1-5-9(13-14-10(5)12)7-4-6(11)2-3-8(7)15(16)17/h2-4H,1H3,(H3,12,13,14). The molecule has 0 bridgehead atoms. The number of hydrogen-bond acceptors (Lipinski definition) is 4. The van der Waals surface area contributed by atoms with E-state index in [-0.39, 0.29) is 17.1 Å². The molecule has 0 fully saturated rings. The minimum atomic E-state index is -0.578. The lowest BCUT2D eigenvalue weighted by atomic mass is 10.1. The predicted octanol–water partition coefficient (Wildman–Crippen LogP) is 2.01. The summed E-state index contributed by atoms with van der Waals surface area (Å²) in [4.78, 5) is 10.3. The zero-order chi connectivity index (χ0) is 12.6. The van der Waals surface area contributed by atoms with E-state index in [4.69, 9.17) is 5.73 Å². The van der Waals surface area contributed by atoms with Crippen LogP contribution in [0.15, 0.2) is 18.2 Å². The molecule has 88 valence electrons. The van der Waals surface area contributed by atoms with Crippen molar-refractivity contribution in [2.45, 2.75) is 6.92 Å². The summed E-state index contributed by atoms with van der Waals surface area (Å²) in [5, 5.41) is 17.1. The monoisotopic (exact) mass is 236 g/mol. The average Bonchev–Trinajstić information content (AvgIpc) is 2.59. The summed E-state index contributed by atoms with van der Waals surface area (Å²) < 4.78 is 13.1. The van der Waals surface area contributed by atoms with E-state index in [1.165, 1.54) is 0 Å². The number of aromatic nitrogens is 2. The number of anilines is 1. The molecule has 0 aliphatic heterocycles. The van der Waals surface area contributed by atoms with Gasteiger partial charge in [0.1, 0.15) is 11.6 Å². The van der Waals surface area contributed by atoms with E-state index in [1.807, 2.05) is 0 Å². The molecule has 17 heavy (non-hydrogen) atoms. The molecule has 2 rings (SSSR count). The quantitative estimate of drug-likeness (QED) is 0.615. The summed E-state index contributed by atoms with van der Waals surface area (Å²) in [6, 6.07) is 3.23. The maximum atomic E-state index is 13.1. The van der Waals surface area contributed by atoms with Crippen LogP contribution in [0.4, 0.5) is 15.9 Å². The van der Waals surface area contributed by atoms with E-state index in [0.717, 1.165) is 18.2 Å². The van der Waals surface area contributed by atoms with Crippen LogP contribution >= 0.6 is 0 Å². The molecular weight excluding hydrogens is 227 g/mol. The number of nitrogens with one attached hydrogen (secondary N) is 1. The first-order chi connectivity index (χ1) is 8.00. The summed E-state index contributed by atoms with van der Waals surface area (Å²) in [5.74, 6) is -0.322. The number of benzene rings is 1. The van der Waals surface area contributed by atoms with Gasteiger partial charge in [0.25, 0.3) is 5.69 Å². The van der Waals surface area contributed by atoms with Gasteiger partial charge in [-0.1, -0.05) is 0 Å². The normalized spacial score (nSPS) is 10.5. The van der Waals surface area contributed by atoms with Crippen molar-refractivity contribution in [1.82, 2.24) is 10.2 Å². The fourth-order valence-corrected chi connectivity index (χ4v) is 1.54. The maximum absolute atomic E-state index is 13.1. The van der Waals surface area contributed by atoms with E-state index in [0.29, 0.717) is 11.3 Å². The van der Waals surface area contributed by atoms with E-state index >= 15 is 0 Å². The number of aromatic amines is 1.